The van der Waals surface area contributed by atoms with Gasteiger partial charge in [0.05, 0.1) is 10.8 Å². The lowest BCUT2D eigenvalue weighted by atomic mass is 10.3. The standard InChI is InChI=1S/C10H13ClN2OS/c1-13(2)10(14)6-15-9-5-7(12)3-4-8(9)11/h3-5H,6,12H2,1-2H3. The van der Waals surface area contributed by atoms with Gasteiger partial charge in [0.15, 0.2) is 0 Å². The van der Waals surface area contributed by atoms with Crippen molar-refractivity contribution in [2.75, 3.05) is 25.6 Å². The maximum atomic E-state index is 11.3. The molecule has 0 aromatic heterocycles. The highest BCUT2D eigenvalue weighted by Gasteiger charge is 2.07. The fourth-order valence-electron chi connectivity index (χ4n) is 0.899. The molecule has 3 nitrogen and oxygen atoms in total. The first-order valence-corrected chi connectivity index (χ1v) is 5.75. The van der Waals surface area contributed by atoms with Gasteiger partial charge >= 0.3 is 0 Å². The third-order valence-corrected chi connectivity index (χ3v) is 3.29. The van der Waals surface area contributed by atoms with Crippen LogP contribution in [0.4, 0.5) is 5.69 Å². The molecule has 1 aromatic rings. The Morgan fingerprint density at radius 3 is 2.80 bits per heavy atom. The summed E-state index contributed by atoms with van der Waals surface area (Å²) in [4.78, 5) is 13.7. The van der Waals surface area contributed by atoms with Gasteiger partial charge in [0.2, 0.25) is 5.91 Å². The highest BCUT2D eigenvalue weighted by atomic mass is 35.5. The van der Waals surface area contributed by atoms with Crippen LogP contribution in [-0.4, -0.2) is 30.7 Å². The third-order valence-electron chi connectivity index (χ3n) is 1.81. The average Bonchev–Trinajstić information content (AvgIpc) is 2.18. The Kier molecular flexibility index (Phi) is 4.29. The molecule has 0 bridgehead atoms. The van der Waals surface area contributed by atoms with E-state index in [2.05, 4.69) is 0 Å². The molecule has 2 N–H and O–H groups in total. The van der Waals surface area contributed by atoms with Gasteiger partial charge in [-0.3, -0.25) is 4.79 Å². The molecule has 0 saturated carbocycles. The number of thioether (sulfide) groups is 1. The summed E-state index contributed by atoms with van der Waals surface area (Å²) < 4.78 is 0. The van der Waals surface area contributed by atoms with Crippen LogP contribution in [0.3, 0.4) is 0 Å². The highest BCUT2D eigenvalue weighted by Crippen LogP contribution is 2.28. The van der Waals surface area contributed by atoms with Gasteiger partial charge in [-0.2, -0.15) is 0 Å². The van der Waals surface area contributed by atoms with Crippen LogP contribution in [-0.2, 0) is 4.79 Å². The predicted octanol–water partition coefficient (Wildman–Crippen LogP) is 2.10. The number of nitrogens with two attached hydrogens (primary N) is 1. The molecule has 0 fully saturated rings. The van der Waals surface area contributed by atoms with Crippen molar-refractivity contribution < 1.29 is 4.79 Å². The van der Waals surface area contributed by atoms with Crippen LogP contribution in [0, 0.1) is 0 Å². The van der Waals surface area contributed by atoms with E-state index in [1.807, 2.05) is 0 Å². The molecule has 0 atom stereocenters. The minimum absolute atomic E-state index is 0.0542. The van der Waals surface area contributed by atoms with Gasteiger partial charge in [0.1, 0.15) is 0 Å². The fraction of sp³-hybridized carbons (Fsp3) is 0.300. The molecule has 0 spiro atoms. The second-order valence-electron chi connectivity index (χ2n) is 3.27. The van der Waals surface area contributed by atoms with Crippen molar-refractivity contribution in [2.45, 2.75) is 4.90 Å². The summed E-state index contributed by atoms with van der Waals surface area (Å²) in [5, 5.41) is 0.626. The number of carbonyl (C=O) groups is 1. The normalized spacial score (nSPS) is 10.1. The maximum Gasteiger partial charge on any atom is 0.232 e. The van der Waals surface area contributed by atoms with Crippen LogP contribution >= 0.6 is 23.4 Å². The second-order valence-corrected chi connectivity index (χ2v) is 4.69. The Hall–Kier alpha value is -0.870. The smallest absolute Gasteiger partial charge is 0.232 e. The van der Waals surface area contributed by atoms with E-state index in [0.29, 0.717) is 16.5 Å². The molecule has 0 heterocycles. The molecule has 5 heteroatoms. The first-order valence-electron chi connectivity index (χ1n) is 4.38. The third kappa shape index (κ3) is 3.64. The number of nitrogens with zero attached hydrogens (tertiary/aromatic N) is 1. The van der Waals surface area contributed by atoms with Gasteiger partial charge in [-0.05, 0) is 18.2 Å². The Morgan fingerprint density at radius 2 is 2.20 bits per heavy atom. The molecule has 1 rings (SSSR count). The monoisotopic (exact) mass is 244 g/mol. The first-order chi connectivity index (χ1) is 7.00. The molecule has 15 heavy (non-hydrogen) atoms. The van der Waals surface area contributed by atoms with Crippen molar-refractivity contribution in [1.29, 1.82) is 0 Å². The van der Waals surface area contributed by atoms with E-state index in [1.165, 1.54) is 11.8 Å². The summed E-state index contributed by atoms with van der Waals surface area (Å²) in [7, 11) is 3.45. The van der Waals surface area contributed by atoms with Crippen LogP contribution in [0.25, 0.3) is 0 Å². The van der Waals surface area contributed by atoms with Crippen molar-refractivity contribution in [3.8, 4) is 0 Å². The van der Waals surface area contributed by atoms with Gasteiger partial charge < -0.3 is 10.6 Å². The number of hydrogen-bond acceptors (Lipinski definition) is 3. The zero-order chi connectivity index (χ0) is 11.4. The molecule has 82 valence electrons. The zero-order valence-electron chi connectivity index (χ0n) is 8.66. The minimum atomic E-state index is 0.0542. The molecule has 0 aliphatic heterocycles. The summed E-state index contributed by atoms with van der Waals surface area (Å²) in [6, 6.07) is 5.25. The van der Waals surface area contributed by atoms with E-state index in [1.54, 1.807) is 37.2 Å². The Morgan fingerprint density at radius 1 is 1.53 bits per heavy atom. The molecule has 0 aliphatic carbocycles. The number of rotatable bonds is 3. The lowest BCUT2D eigenvalue weighted by molar-refractivity contribution is -0.125. The van der Waals surface area contributed by atoms with Gasteiger partial charge in [0.25, 0.3) is 0 Å². The first kappa shape index (κ1) is 12.2. The van der Waals surface area contributed by atoms with E-state index in [9.17, 15) is 4.79 Å². The van der Waals surface area contributed by atoms with Crippen molar-refractivity contribution in [1.82, 2.24) is 4.90 Å². The summed E-state index contributed by atoms with van der Waals surface area (Å²) >= 11 is 7.35. The van der Waals surface area contributed by atoms with Crippen LogP contribution in [0.15, 0.2) is 23.1 Å². The molecular formula is C10H13ClN2OS. The number of nitrogen functional groups attached to an aromatic ring is 1. The molecule has 1 amide bonds. The van der Waals surface area contributed by atoms with E-state index in [0.717, 1.165) is 4.90 Å². The number of benzene rings is 1. The Balaban J connectivity index is 2.65. The largest absolute Gasteiger partial charge is 0.399 e. The van der Waals surface area contributed by atoms with E-state index < -0.39 is 0 Å². The second kappa shape index (κ2) is 5.28. The highest BCUT2D eigenvalue weighted by molar-refractivity contribution is 8.00. The van der Waals surface area contributed by atoms with Crippen LogP contribution in [0.2, 0.25) is 5.02 Å². The van der Waals surface area contributed by atoms with Gasteiger partial charge in [-0.25, -0.2) is 0 Å². The summed E-state index contributed by atoms with van der Waals surface area (Å²) in [5.41, 5.74) is 6.28. The Labute approximate surface area is 98.6 Å². The number of carbonyl (C=O) groups excluding carboxylic acids is 1. The topological polar surface area (TPSA) is 46.3 Å². The van der Waals surface area contributed by atoms with E-state index in [4.69, 9.17) is 17.3 Å². The van der Waals surface area contributed by atoms with Crippen LogP contribution < -0.4 is 5.73 Å². The van der Waals surface area contributed by atoms with Gasteiger partial charge in [-0.15, -0.1) is 11.8 Å². The van der Waals surface area contributed by atoms with E-state index >= 15 is 0 Å². The molecule has 1 aromatic carbocycles. The zero-order valence-corrected chi connectivity index (χ0v) is 10.2. The van der Waals surface area contributed by atoms with Gasteiger partial charge in [0, 0.05) is 24.7 Å². The van der Waals surface area contributed by atoms with E-state index in [-0.39, 0.29) is 5.91 Å². The van der Waals surface area contributed by atoms with Crippen molar-refractivity contribution >= 4 is 35.0 Å². The number of hydrogen-bond donors (Lipinski definition) is 1. The average molecular weight is 245 g/mol. The Bertz CT molecular complexity index is 368. The lowest BCUT2D eigenvalue weighted by Crippen LogP contribution is -2.23. The van der Waals surface area contributed by atoms with Crippen LogP contribution in [0.5, 0.6) is 0 Å². The SMILES string of the molecule is CN(C)C(=O)CSc1cc(N)ccc1Cl. The van der Waals surface area contributed by atoms with Crippen molar-refractivity contribution in [3.05, 3.63) is 23.2 Å². The summed E-state index contributed by atoms with van der Waals surface area (Å²) in [5.74, 6) is 0.425. The molecule has 0 saturated heterocycles. The number of amides is 1. The van der Waals surface area contributed by atoms with Crippen LogP contribution in [0.1, 0.15) is 0 Å². The summed E-state index contributed by atoms with van der Waals surface area (Å²) in [6.45, 7) is 0. The molecular weight excluding hydrogens is 232 g/mol. The molecule has 0 unspecified atom stereocenters. The predicted molar refractivity (Wildman–Crippen MR) is 65.3 cm³/mol. The molecule has 0 aliphatic rings. The van der Waals surface area contributed by atoms with Gasteiger partial charge in [-0.1, -0.05) is 11.6 Å². The quantitative estimate of drug-likeness (QED) is 0.654. The van der Waals surface area contributed by atoms with Crippen molar-refractivity contribution in [3.63, 3.8) is 0 Å². The number of halogens is 1. The maximum absolute atomic E-state index is 11.3. The summed E-state index contributed by atoms with van der Waals surface area (Å²) in [6.07, 6.45) is 0. The lowest BCUT2D eigenvalue weighted by Gasteiger charge is -2.10. The van der Waals surface area contributed by atoms with Crippen molar-refractivity contribution in [2.24, 2.45) is 0 Å². The molecule has 0 radical (unpaired) electrons. The number of anilines is 1. The minimum Gasteiger partial charge on any atom is -0.399 e. The fourth-order valence-corrected chi connectivity index (χ4v) is 2.14.